The Kier molecular flexibility index (Phi) is 4.85. The van der Waals surface area contributed by atoms with Crippen molar-refractivity contribution in [2.24, 2.45) is 0 Å². The molecule has 4 nitrogen and oxygen atoms in total. The van der Waals surface area contributed by atoms with Gasteiger partial charge in [-0.15, -0.1) is 0 Å². The van der Waals surface area contributed by atoms with E-state index < -0.39 is 5.82 Å². The van der Waals surface area contributed by atoms with E-state index in [1.807, 2.05) is 28.7 Å². The van der Waals surface area contributed by atoms with Gasteiger partial charge < -0.3 is 15.2 Å². The van der Waals surface area contributed by atoms with Gasteiger partial charge in [0.2, 0.25) is 0 Å². The average molecular weight is 398 g/mol. The number of rotatable bonds is 4. The number of nitrogens with two attached hydrogens (primary N) is 1. The topological polar surface area (TPSA) is 68.3 Å². The van der Waals surface area contributed by atoms with Crippen LogP contribution >= 0.6 is 22.6 Å². The molecule has 2 aromatic rings. The zero-order valence-corrected chi connectivity index (χ0v) is 13.3. The van der Waals surface area contributed by atoms with Gasteiger partial charge in [-0.1, -0.05) is 6.07 Å². The van der Waals surface area contributed by atoms with E-state index in [-0.39, 0.29) is 12.4 Å². The Balaban J connectivity index is 2.17. The first kappa shape index (κ1) is 15.4. The summed E-state index contributed by atoms with van der Waals surface area (Å²) in [5.74, 6) is 0.234. The molecule has 0 fully saturated rings. The van der Waals surface area contributed by atoms with E-state index in [4.69, 9.17) is 20.5 Å². The summed E-state index contributed by atoms with van der Waals surface area (Å²) in [5, 5.41) is 8.86. The monoisotopic (exact) mass is 398 g/mol. The minimum absolute atomic E-state index is 0.174. The summed E-state index contributed by atoms with van der Waals surface area (Å²) >= 11 is 2.05. The average Bonchev–Trinajstić information content (AvgIpc) is 2.46. The molecule has 0 aliphatic heterocycles. The lowest BCUT2D eigenvalue weighted by atomic mass is 10.2. The predicted molar refractivity (Wildman–Crippen MR) is 85.6 cm³/mol. The summed E-state index contributed by atoms with van der Waals surface area (Å²) in [6.07, 6.45) is 0. The van der Waals surface area contributed by atoms with Gasteiger partial charge in [0.1, 0.15) is 6.61 Å². The van der Waals surface area contributed by atoms with E-state index in [1.165, 1.54) is 13.2 Å². The van der Waals surface area contributed by atoms with Crippen LogP contribution in [0, 0.1) is 20.7 Å². The van der Waals surface area contributed by atoms with Crippen molar-refractivity contribution in [2.75, 3.05) is 12.8 Å². The standard InChI is InChI=1S/C15H12FIN2O2/c1-20-14-3-2-9(4-11(14)16)8-21-15-12(17)5-10(7-18)6-13(15)19/h2-6H,8,19H2,1H3. The van der Waals surface area contributed by atoms with Gasteiger partial charge in [-0.25, -0.2) is 4.39 Å². The highest BCUT2D eigenvalue weighted by atomic mass is 127. The Labute approximate surface area is 135 Å². The Morgan fingerprint density at radius 2 is 2.10 bits per heavy atom. The molecule has 0 radical (unpaired) electrons. The van der Waals surface area contributed by atoms with Crippen molar-refractivity contribution < 1.29 is 13.9 Å². The molecule has 0 aliphatic carbocycles. The van der Waals surface area contributed by atoms with Crippen molar-refractivity contribution in [3.05, 3.63) is 50.8 Å². The van der Waals surface area contributed by atoms with Gasteiger partial charge in [-0.3, -0.25) is 0 Å². The van der Waals surface area contributed by atoms with Crippen LogP contribution in [0.2, 0.25) is 0 Å². The van der Waals surface area contributed by atoms with Crippen LogP contribution in [0.1, 0.15) is 11.1 Å². The highest BCUT2D eigenvalue weighted by molar-refractivity contribution is 14.1. The number of ether oxygens (including phenoxy) is 2. The molecule has 21 heavy (non-hydrogen) atoms. The minimum atomic E-state index is -0.443. The first-order valence-electron chi connectivity index (χ1n) is 5.99. The van der Waals surface area contributed by atoms with E-state index in [0.717, 1.165) is 3.57 Å². The summed E-state index contributed by atoms with van der Waals surface area (Å²) < 4.78 is 24.8. The SMILES string of the molecule is COc1ccc(COc2c(N)cc(C#N)cc2I)cc1F. The third kappa shape index (κ3) is 3.55. The number of halogens is 2. The second-order valence-corrected chi connectivity index (χ2v) is 5.41. The van der Waals surface area contributed by atoms with Gasteiger partial charge in [0.05, 0.1) is 28.0 Å². The molecule has 0 heterocycles. The zero-order valence-electron chi connectivity index (χ0n) is 11.2. The van der Waals surface area contributed by atoms with E-state index in [9.17, 15) is 4.39 Å². The summed E-state index contributed by atoms with van der Waals surface area (Å²) in [4.78, 5) is 0. The van der Waals surface area contributed by atoms with Gasteiger partial charge in [-0.2, -0.15) is 5.26 Å². The van der Waals surface area contributed by atoms with Crippen LogP contribution in [0.25, 0.3) is 0 Å². The molecule has 0 aliphatic rings. The van der Waals surface area contributed by atoms with Gasteiger partial charge in [-0.05, 0) is 52.4 Å². The third-order valence-corrected chi connectivity index (χ3v) is 3.60. The third-order valence-electron chi connectivity index (χ3n) is 2.80. The lowest BCUT2D eigenvalue weighted by molar-refractivity contribution is 0.304. The first-order valence-corrected chi connectivity index (χ1v) is 7.07. The van der Waals surface area contributed by atoms with Crippen LogP contribution in [0.5, 0.6) is 11.5 Å². The molecular weight excluding hydrogens is 386 g/mol. The van der Waals surface area contributed by atoms with Crippen LogP contribution in [0.4, 0.5) is 10.1 Å². The number of methoxy groups -OCH3 is 1. The molecule has 0 amide bonds. The van der Waals surface area contributed by atoms with Crippen LogP contribution in [-0.4, -0.2) is 7.11 Å². The summed E-state index contributed by atoms with van der Waals surface area (Å²) in [7, 11) is 1.41. The largest absolute Gasteiger partial charge is 0.494 e. The van der Waals surface area contributed by atoms with E-state index >= 15 is 0 Å². The summed E-state index contributed by atoms with van der Waals surface area (Å²) in [6.45, 7) is 0.174. The van der Waals surface area contributed by atoms with E-state index in [2.05, 4.69) is 0 Å². The molecule has 0 unspecified atom stereocenters. The lowest BCUT2D eigenvalue weighted by Crippen LogP contribution is -2.02. The molecule has 0 saturated carbocycles. The van der Waals surface area contributed by atoms with Crippen LogP contribution in [-0.2, 0) is 6.61 Å². The van der Waals surface area contributed by atoms with Crippen LogP contribution in [0.15, 0.2) is 30.3 Å². The Hall–Kier alpha value is -2.01. The maximum atomic E-state index is 13.6. The van der Waals surface area contributed by atoms with E-state index in [0.29, 0.717) is 22.6 Å². The molecule has 0 saturated heterocycles. The summed E-state index contributed by atoms with van der Waals surface area (Å²) in [5.41, 5.74) is 7.38. The zero-order chi connectivity index (χ0) is 15.4. The Morgan fingerprint density at radius 3 is 2.67 bits per heavy atom. The van der Waals surface area contributed by atoms with Crippen molar-refractivity contribution in [3.8, 4) is 17.6 Å². The lowest BCUT2D eigenvalue weighted by Gasteiger charge is -2.12. The molecule has 2 rings (SSSR count). The molecule has 2 N–H and O–H groups in total. The smallest absolute Gasteiger partial charge is 0.165 e. The number of hydrogen-bond donors (Lipinski definition) is 1. The number of nitrogen functional groups attached to an aromatic ring is 1. The molecule has 108 valence electrons. The summed E-state index contributed by atoms with van der Waals surface area (Å²) in [6, 6.07) is 9.87. The molecule has 0 atom stereocenters. The van der Waals surface area contributed by atoms with Gasteiger partial charge in [0.25, 0.3) is 0 Å². The fourth-order valence-electron chi connectivity index (χ4n) is 1.79. The Bertz CT molecular complexity index is 690. The highest BCUT2D eigenvalue weighted by Crippen LogP contribution is 2.30. The van der Waals surface area contributed by atoms with Crippen molar-refractivity contribution in [1.82, 2.24) is 0 Å². The second-order valence-electron chi connectivity index (χ2n) is 4.25. The fraction of sp³-hybridized carbons (Fsp3) is 0.133. The number of nitriles is 1. The molecule has 0 spiro atoms. The normalized spacial score (nSPS) is 10.0. The van der Waals surface area contributed by atoms with Gasteiger partial charge >= 0.3 is 0 Å². The first-order chi connectivity index (χ1) is 10.0. The highest BCUT2D eigenvalue weighted by Gasteiger charge is 2.10. The quantitative estimate of drug-likeness (QED) is 0.633. The number of nitrogens with zero attached hydrogens (tertiary/aromatic N) is 1. The predicted octanol–water partition coefficient (Wildman–Crippen LogP) is 3.47. The minimum Gasteiger partial charge on any atom is -0.494 e. The Morgan fingerprint density at radius 1 is 1.33 bits per heavy atom. The maximum absolute atomic E-state index is 13.6. The molecule has 6 heteroatoms. The van der Waals surface area contributed by atoms with E-state index in [1.54, 1.807) is 24.3 Å². The van der Waals surface area contributed by atoms with Crippen molar-refractivity contribution in [3.63, 3.8) is 0 Å². The van der Waals surface area contributed by atoms with Gasteiger partial charge in [0.15, 0.2) is 17.3 Å². The molecule has 2 aromatic carbocycles. The van der Waals surface area contributed by atoms with Gasteiger partial charge in [0, 0.05) is 0 Å². The van der Waals surface area contributed by atoms with Crippen LogP contribution in [0.3, 0.4) is 0 Å². The second kappa shape index (κ2) is 6.63. The number of benzene rings is 2. The van der Waals surface area contributed by atoms with Crippen molar-refractivity contribution >= 4 is 28.3 Å². The van der Waals surface area contributed by atoms with Crippen molar-refractivity contribution in [2.45, 2.75) is 6.61 Å². The van der Waals surface area contributed by atoms with Crippen molar-refractivity contribution in [1.29, 1.82) is 5.26 Å². The molecule has 0 bridgehead atoms. The molecular formula is C15H12FIN2O2. The molecule has 0 aromatic heterocycles. The van der Waals surface area contributed by atoms with Crippen LogP contribution < -0.4 is 15.2 Å². The number of anilines is 1. The fourth-order valence-corrected chi connectivity index (χ4v) is 2.59. The maximum Gasteiger partial charge on any atom is 0.165 e. The number of hydrogen-bond acceptors (Lipinski definition) is 4.